The van der Waals surface area contributed by atoms with Crippen molar-refractivity contribution in [3.63, 3.8) is 0 Å². The first-order chi connectivity index (χ1) is 4.74. The number of alkyl halides is 1. The van der Waals surface area contributed by atoms with E-state index in [4.69, 9.17) is 5.11 Å². The summed E-state index contributed by atoms with van der Waals surface area (Å²) < 4.78 is 11.7. The molecule has 1 N–H and O–H groups in total. The lowest BCUT2D eigenvalue weighted by molar-refractivity contribution is 0.0941. The lowest BCUT2D eigenvalue weighted by Crippen LogP contribution is -2.33. The number of hydrogen-bond donors (Lipinski definition) is 1. The molecule has 0 aromatic carbocycles. The quantitative estimate of drug-likeness (QED) is 0.620. The van der Waals surface area contributed by atoms with Gasteiger partial charge >= 0.3 is 0 Å². The van der Waals surface area contributed by atoms with Crippen LogP contribution in [-0.2, 0) is 0 Å². The topological polar surface area (TPSA) is 23.5 Å². The van der Waals surface area contributed by atoms with E-state index >= 15 is 0 Å². The Morgan fingerprint density at radius 2 is 1.90 bits per heavy atom. The first-order valence-corrected chi connectivity index (χ1v) is 3.70. The van der Waals surface area contributed by atoms with E-state index in [1.165, 1.54) is 0 Å². The first-order valence-electron chi connectivity index (χ1n) is 3.70. The number of hydrogen-bond acceptors (Lipinski definition) is 2. The highest BCUT2D eigenvalue weighted by molar-refractivity contribution is 4.59. The summed E-state index contributed by atoms with van der Waals surface area (Å²) in [6, 6.07) is 0. The van der Waals surface area contributed by atoms with Crippen LogP contribution in [-0.4, -0.2) is 42.4 Å². The Labute approximate surface area is 61.6 Å². The Morgan fingerprint density at radius 1 is 1.40 bits per heavy atom. The molecule has 3 heteroatoms. The molecule has 10 heavy (non-hydrogen) atoms. The third-order valence-electron chi connectivity index (χ3n) is 1.54. The Balaban J connectivity index is 3.41. The van der Waals surface area contributed by atoms with Gasteiger partial charge in [-0.2, -0.15) is 0 Å². The normalized spacial score (nSPS) is 14.1. The van der Waals surface area contributed by atoms with Crippen molar-refractivity contribution >= 4 is 0 Å². The molecule has 0 amide bonds. The first kappa shape index (κ1) is 9.85. The molecule has 0 aliphatic carbocycles. The smallest absolute Gasteiger partial charge is 0.117 e. The number of likely N-dealkylation sites (N-methyl/N-ethyl adjacent to an activating group) is 1. The van der Waals surface area contributed by atoms with Crippen LogP contribution < -0.4 is 0 Å². The maximum absolute atomic E-state index is 11.7. The largest absolute Gasteiger partial charge is 0.389 e. The number of nitrogens with zero attached hydrogens (tertiary/aromatic N) is 1. The minimum absolute atomic E-state index is 0.448. The molecule has 62 valence electrons. The van der Waals surface area contributed by atoms with Gasteiger partial charge in [-0.25, -0.2) is 4.39 Å². The van der Waals surface area contributed by atoms with Crippen molar-refractivity contribution in [1.82, 2.24) is 4.90 Å². The van der Waals surface area contributed by atoms with Gasteiger partial charge in [0.15, 0.2) is 0 Å². The molecule has 0 heterocycles. The highest BCUT2D eigenvalue weighted by atomic mass is 19.1. The predicted molar refractivity (Wildman–Crippen MR) is 39.8 cm³/mol. The van der Waals surface area contributed by atoms with Crippen LogP contribution in [0.25, 0.3) is 0 Å². The van der Waals surface area contributed by atoms with Crippen molar-refractivity contribution in [3.05, 3.63) is 0 Å². The monoisotopic (exact) mass is 149 g/mol. The van der Waals surface area contributed by atoms with Crippen LogP contribution in [0, 0.1) is 0 Å². The van der Waals surface area contributed by atoms with E-state index in [0.717, 1.165) is 13.1 Å². The summed E-state index contributed by atoms with van der Waals surface area (Å²) in [5, 5.41) is 8.87. The van der Waals surface area contributed by atoms with Gasteiger partial charge in [0.1, 0.15) is 6.67 Å². The zero-order valence-corrected chi connectivity index (χ0v) is 6.68. The molecule has 0 bridgehead atoms. The van der Waals surface area contributed by atoms with Crippen LogP contribution in [0.1, 0.15) is 13.8 Å². The molecule has 0 radical (unpaired) electrons. The summed E-state index contributed by atoms with van der Waals surface area (Å²) >= 11 is 0. The molecular weight excluding hydrogens is 133 g/mol. The third kappa shape index (κ3) is 3.80. The molecule has 0 aliphatic rings. The van der Waals surface area contributed by atoms with Crippen molar-refractivity contribution in [3.8, 4) is 0 Å². The zero-order chi connectivity index (χ0) is 7.98. The number of aliphatic hydroxyl groups is 1. The molecular formula is C7H16FNO. The van der Waals surface area contributed by atoms with Crippen LogP contribution in [0.15, 0.2) is 0 Å². The van der Waals surface area contributed by atoms with Crippen LogP contribution >= 0.6 is 0 Å². The van der Waals surface area contributed by atoms with Crippen molar-refractivity contribution in [1.29, 1.82) is 0 Å². The summed E-state index contributed by atoms with van der Waals surface area (Å²) in [4.78, 5) is 1.99. The minimum Gasteiger partial charge on any atom is -0.389 e. The van der Waals surface area contributed by atoms with Crippen LogP contribution in [0.3, 0.4) is 0 Å². The zero-order valence-electron chi connectivity index (χ0n) is 6.68. The van der Waals surface area contributed by atoms with E-state index in [9.17, 15) is 4.39 Å². The van der Waals surface area contributed by atoms with Gasteiger partial charge in [0.05, 0.1) is 6.10 Å². The van der Waals surface area contributed by atoms with Crippen LogP contribution in [0.5, 0.6) is 0 Å². The average Bonchev–Trinajstić information content (AvgIpc) is 1.99. The van der Waals surface area contributed by atoms with Gasteiger partial charge in [-0.15, -0.1) is 0 Å². The summed E-state index contributed by atoms with van der Waals surface area (Å²) in [6.07, 6.45) is -0.806. The Morgan fingerprint density at radius 3 is 2.20 bits per heavy atom. The summed E-state index contributed by atoms with van der Waals surface area (Å²) in [5.74, 6) is 0. The molecule has 0 rings (SSSR count). The standard InChI is InChI=1S/C7H16FNO/c1-3-9(4-2)6-7(10)5-8/h7,10H,3-6H2,1-2H3. The molecule has 0 aromatic heterocycles. The molecule has 0 fully saturated rings. The fourth-order valence-electron chi connectivity index (χ4n) is 0.829. The molecule has 0 saturated heterocycles. The van der Waals surface area contributed by atoms with Crippen LogP contribution in [0.2, 0.25) is 0 Å². The van der Waals surface area contributed by atoms with E-state index in [2.05, 4.69) is 0 Å². The van der Waals surface area contributed by atoms with Gasteiger partial charge in [0.2, 0.25) is 0 Å². The van der Waals surface area contributed by atoms with Gasteiger partial charge in [0, 0.05) is 6.54 Å². The minimum atomic E-state index is -0.806. The van der Waals surface area contributed by atoms with Crippen molar-refractivity contribution in [2.75, 3.05) is 26.3 Å². The van der Waals surface area contributed by atoms with Gasteiger partial charge in [-0.3, -0.25) is 0 Å². The fraction of sp³-hybridized carbons (Fsp3) is 1.00. The third-order valence-corrected chi connectivity index (χ3v) is 1.54. The highest BCUT2D eigenvalue weighted by Gasteiger charge is 2.06. The summed E-state index contributed by atoms with van der Waals surface area (Å²) in [7, 11) is 0. The Bertz CT molecular complexity index is 76.0. The molecule has 0 saturated carbocycles. The van der Waals surface area contributed by atoms with Crippen molar-refractivity contribution in [2.45, 2.75) is 20.0 Å². The maximum Gasteiger partial charge on any atom is 0.117 e. The Hall–Kier alpha value is -0.150. The van der Waals surface area contributed by atoms with Crippen molar-refractivity contribution in [2.24, 2.45) is 0 Å². The average molecular weight is 149 g/mol. The van der Waals surface area contributed by atoms with Gasteiger partial charge < -0.3 is 10.0 Å². The second kappa shape index (κ2) is 5.62. The number of aliphatic hydroxyl groups excluding tert-OH is 1. The highest BCUT2D eigenvalue weighted by Crippen LogP contribution is 1.91. The van der Waals surface area contributed by atoms with E-state index in [0.29, 0.717) is 6.54 Å². The van der Waals surface area contributed by atoms with E-state index < -0.39 is 12.8 Å². The summed E-state index contributed by atoms with van der Waals surface area (Å²) in [5.41, 5.74) is 0. The van der Waals surface area contributed by atoms with Crippen LogP contribution in [0.4, 0.5) is 4.39 Å². The second-order valence-electron chi connectivity index (χ2n) is 2.29. The SMILES string of the molecule is CCN(CC)CC(O)CF. The molecule has 1 unspecified atom stereocenters. The Kier molecular flexibility index (Phi) is 5.54. The second-order valence-corrected chi connectivity index (χ2v) is 2.29. The van der Waals surface area contributed by atoms with E-state index in [1.807, 2.05) is 18.7 Å². The number of rotatable bonds is 5. The van der Waals surface area contributed by atoms with E-state index in [1.54, 1.807) is 0 Å². The van der Waals surface area contributed by atoms with Gasteiger partial charge in [-0.1, -0.05) is 13.8 Å². The number of halogens is 1. The molecule has 0 spiro atoms. The van der Waals surface area contributed by atoms with Gasteiger partial charge in [0.25, 0.3) is 0 Å². The summed E-state index contributed by atoms with van der Waals surface area (Å²) in [6.45, 7) is 5.53. The molecule has 1 atom stereocenters. The van der Waals surface area contributed by atoms with E-state index in [-0.39, 0.29) is 0 Å². The molecule has 0 aromatic rings. The molecule has 2 nitrogen and oxygen atoms in total. The van der Waals surface area contributed by atoms with Crippen molar-refractivity contribution < 1.29 is 9.50 Å². The lowest BCUT2D eigenvalue weighted by Gasteiger charge is -2.19. The lowest BCUT2D eigenvalue weighted by atomic mass is 10.3. The maximum atomic E-state index is 11.7. The molecule has 0 aliphatic heterocycles. The fourth-order valence-corrected chi connectivity index (χ4v) is 0.829. The predicted octanol–water partition coefficient (Wildman–Crippen LogP) is 0.659. The van der Waals surface area contributed by atoms with Gasteiger partial charge in [-0.05, 0) is 13.1 Å².